The van der Waals surface area contributed by atoms with Gasteiger partial charge in [-0.1, -0.05) is 84.9 Å². The molecule has 0 aliphatic heterocycles. The Kier molecular flexibility index (Phi) is 9.19. The number of ether oxygens (including phenoxy) is 2. The largest absolute Gasteiger partial charge is 0.398 e. The van der Waals surface area contributed by atoms with Crippen molar-refractivity contribution in [3.63, 3.8) is 0 Å². The van der Waals surface area contributed by atoms with Crippen molar-refractivity contribution in [2.75, 3.05) is 25.6 Å². The maximum Gasteiger partial charge on any atom is 0.0716 e. The van der Waals surface area contributed by atoms with E-state index in [0.717, 1.165) is 54.9 Å². The van der Waals surface area contributed by atoms with Gasteiger partial charge in [0.15, 0.2) is 0 Å². The van der Waals surface area contributed by atoms with Crippen LogP contribution in [0.25, 0.3) is 17.2 Å². The summed E-state index contributed by atoms with van der Waals surface area (Å²) in [5, 5.41) is 0. The molecule has 0 aliphatic rings. The summed E-state index contributed by atoms with van der Waals surface area (Å²) in [5.41, 5.74) is 11.5. The van der Waals surface area contributed by atoms with Gasteiger partial charge in [-0.05, 0) is 42.0 Å². The molecule has 0 aliphatic carbocycles. The average molecular weight is 402 g/mol. The van der Waals surface area contributed by atoms with Gasteiger partial charge in [-0.3, -0.25) is 0 Å². The van der Waals surface area contributed by atoms with Crippen molar-refractivity contribution in [3.05, 3.63) is 96.1 Å². The molecular formula is C27H31NO2. The zero-order valence-corrected chi connectivity index (χ0v) is 17.5. The maximum absolute atomic E-state index is 6.23. The van der Waals surface area contributed by atoms with Crippen LogP contribution in [0.1, 0.15) is 30.4 Å². The smallest absolute Gasteiger partial charge is 0.0716 e. The van der Waals surface area contributed by atoms with Crippen LogP contribution >= 0.6 is 0 Å². The summed E-state index contributed by atoms with van der Waals surface area (Å²) < 4.78 is 11.4. The first-order valence-corrected chi connectivity index (χ1v) is 10.6. The van der Waals surface area contributed by atoms with E-state index in [1.165, 1.54) is 5.56 Å². The van der Waals surface area contributed by atoms with Crippen molar-refractivity contribution >= 4 is 11.8 Å². The van der Waals surface area contributed by atoms with Crippen molar-refractivity contribution in [1.82, 2.24) is 0 Å². The third-order valence-corrected chi connectivity index (χ3v) is 4.87. The number of benzene rings is 3. The number of unbranched alkanes of at least 4 members (excludes halogenated alkanes) is 2. The molecule has 0 aromatic heterocycles. The summed E-state index contributed by atoms with van der Waals surface area (Å²) in [6, 6.07) is 26.7. The number of nitrogen functional groups attached to an aromatic ring is 1. The Bertz CT molecular complexity index is 891. The molecule has 2 N–H and O–H groups in total. The molecular weight excluding hydrogens is 370 g/mol. The van der Waals surface area contributed by atoms with Gasteiger partial charge in [0.05, 0.1) is 13.2 Å². The van der Waals surface area contributed by atoms with Crippen LogP contribution in [0.4, 0.5) is 5.69 Å². The van der Waals surface area contributed by atoms with Crippen LogP contribution in [-0.4, -0.2) is 19.8 Å². The van der Waals surface area contributed by atoms with Crippen molar-refractivity contribution in [1.29, 1.82) is 0 Å². The van der Waals surface area contributed by atoms with Crippen LogP contribution in [0.5, 0.6) is 0 Å². The molecule has 3 aromatic rings. The standard InChI is InChI=1S/C27H31NO2/c28-27-21-23(16-17-26(27)25-14-6-2-7-15-25)13-10-20-29-18-8-3-9-19-30-22-24-11-4-1-5-12-24/h1-2,4-7,10-17,21H,3,8-9,18-20,22,28H2. The van der Waals surface area contributed by atoms with Gasteiger partial charge in [0, 0.05) is 24.5 Å². The molecule has 30 heavy (non-hydrogen) atoms. The number of nitrogens with two attached hydrogens (primary N) is 1. The molecule has 0 fully saturated rings. The van der Waals surface area contributed by atoms with Gasteiger partial charge in [0.25, 0.3) is 0 Å². The third kappa shape index (κ3) is 7.51. The molecule has 0 heterocycles. The number of anilines is 1. The SMILES string of the molecule is Nc1cc(C=CCOCCCCCOCc2ccccc2)ccc1-c1ccccc1. The van der Waals surface area contributed by atoms with Crippen LogP contribution < -0.4 is 5.73 Å². The fourth-order valence-electron chi connectivity index (χ4n) is 3.25. The van der Waals surface area contributed by atoms with Gasteiger partial charge < -0.3 is 15.2 Å². The molecule has 0 amide bonds. The topological polar surface area (TPSA) is 44.5 Å². The highest BCUT2D eigenvalue weighted by molar-refractivity contribution is 5.78. The first-order valence-electron chi connectivity index (χ1n) is 10.6. The van der Waals surface area contributed by atoms with E-state index in [2.05, 4.69) is 42.5 Å². The summed E-state index contributed by atoms with van der Waals surface area (Å²) in [7, 11) is 0. The molecule has 3 heteroatoms. The van der Waals surface area contributed by atoms with Crippen molar-refractivity contribution in [2.45, 2.75) is 25.9 Å². The van der Waals surface area contributed by atoms with Crippen LogP contribution in [0.2, 0.25) is 0 Å². The van der Waals surface area contributed by atoms with Gasteiger partial charge in [0.1, 0.15) is 0 Å². The molecule has 3 nitrogen and oxygen atoms in total. The lowest BCUT2D eigenvalue weighted by molar-refractivity contribution is 0.111. The van der Waals surface area contributed by atoms with Crippen LogP contribution in [0.3, 0.4) is 0 Å². The van der Waals surface area contributed by atoms with Crippen LogP contribution in [-0.2, 0) is 16.1 Å². The van der Waals surface area contributed by atoms with E-state index in [0.29, 0.717) is 13.2 Å². The van der Waals surface area contributed by atoms with E-state index in [-0.39, 0.29) is 0 Å². The van der Waals surface area contributed by atoms with Gasteiger partial charge >= 0.3 is 0 Å². The second kappa shape index (κ2) is 12.6. The highest BCUT2D eigenvalue weighted by Gasteiger charge is 2.02. The normalized spacial score (nSPS) is 11.2. The fourth-order valence-corrected chi connectivity index (χ4v) is 3.25. The lowest BCUT2D eigenvalue weighted by Gasteiger charge is -2.07. The Morgan fingerprint density at radius 2 is 1.43 bits per heavy atom. The molecule has 0 bridgehead atoms. The lowest BCUT2D eigenvalue weighted by atomic mass is 10.0. The van der Waals surface area contributed by atoms with Crippen molar-refractivity contribution in [2.24, 2.45) is 0 Å². The molecule has 3 aromatic carbocycles. The second-order valence-electron chi connectivity index (χ2n) is 7.29. The molecule has 0 saturated heterocycles. The fraction of sp³-hybridized carbons (Fsp3) is 0.259. The Hall–Kier alpha value is -2.88. The minimum Gasteiger partial charge on any atom is -0.398 e. The van der Waals surface area contributed by atoms with Gasteiger partial charge in [0.2, 0.25) is 0 Å². The monoisotopic (exact) mass is 401 g/mol. The maximum atomic E-state index is 6.23. The Morgan fingerprint density at radius 1 is 0.733 bits per heavy atom. The summed E-state index contributed by atoms with van der Waals surface area (Å²) in [6.07, 6.45) is 7.35. The number of hydrogen-bond donors (Lipinski definition) is 1. The minimum absolute atomic E-state index is 0.616. The predicted octanol–water partition coefficient (Wildman–Crippen LogP) is 6.35. The molecule has 0 radical (unpaired) electrons. The van der Waals surface area contributed by atoms with Gasteiger partial charge in [-0.2, -0.15) is 0 Å². The number of hydrogen-bond acceptors (Lipinski definition) is 3. The van der Waals surface area contributed by atoms with Crippen molar-refractivity contribution in [3.8, 4) is 11.1 Å². The predicted molar refractivity (Wildman–Crippen MR) is 126 cm³/mol. The quantitative estimate of drug-likeness (QED) is 0.284. The van der Waals surface area contributed by atoms with Gasteiger partial charge in [-0.25, -0.2) is 0 Å². The van der Waals surface area contributed by atoms with Crippen LogP contribution in [0.15, 0.2) is 84.9 Å². The summed E-state index contributed by atoms with van der Waals surface area (Å²) in [4.78, 5) is 0. The van der Waals surface area contributed by atoms with Gasteiger partial charge in [-0.15, -0.1) is 0 Å². The molecule has 0 atom stereocenters. The van der Waals surface area contributed by atoms with E-state index in [4.69, 9.17) is 15.2 Å². The van der Waals surface area contributed by atoms with E-state index in [1.54, 1.807) is 0 Å². The van der Waals surface area contributed by atoms with Crippen molar-refractivity contribution < 1.29 is 9.47 Å². The Labute approximate surface area is 180 Å². The highest BCUT2D eigenvalue weighted by atomic mass is 16.5. The molecule has 0 spiro atoms. The minimum atomic E-state index is 0.616. The highest BCUT2D eigenvalue weighted by Crippen LogP contribution is 2.26. The van der Waals surface area contributed by atoms with E-state index in [1.807, 2.05) is 48.5 Å². The summed E-state index contributed by atoms with van der Waals surface area (Å²) >= 11 is 0. The lowest BCUT2D eigenvalue weighted by Crippen LogP contribution is -1.98. The molecule has 156 valence electrons. The van der Waals surface area contributed by atoms with E-state index < -0.39 is 0 Å². The summed E-state index contributed by atoms with van der Waals surface area (Å²) in [5.74, 6) is 0. The van der Waals surface area contributed by atoms with Crippen LogP contribution in [0, 0.1) is 0 Å². The first kappa shape index (κ1) is 21.8. The third-order valence-electron chi connectivity index (χ3n) is 4.87. The average Bonchev–Trinajstić information content (AvgIpc) is 2.79. The number of rotatable bonds is 12. The zero-order chi connectivity index (χ0) is 20.9. The second-order valence-corrected chi connectivity index (χ2v) is 7.29. The molecule has 3 rings (SSSR count). The zero-order valence-electron chi connectivity index (χ0n) is 17.5. The Morgan fingerprint density at radius 3 is 2.17 bits per heavy atom. The van der Waals surface area contributed by atoms with E-state index in [9.17, 15) is 0 Å². The molecule has 0 unspecified atom stereocenters. The summed E-state index contributed by atoms with van der Waals surface area (Å²) in [6.45, 7) is 2.89. The molecule has 0 saturated carbocycles. The first-order chi connectivity index (χ1) is 14.8. The Balaban J connectivity index is 1.25. The van der Waals surface area contributed by atoms with E-state index >= 15 is 0 Å².